The first-order chi connectivity index (χ1) is 13.0. The van der Waals surface area contributed by atoms with E-state index < -0.39 is 17.5 Å². The van der Waals surface area contributed by atoms with E-state index in [0.717, 1.165) is 36.6 Å². The number of hydrogen-bond acceptors (Lipinski definition) is 5. The Kier molecular flexibility index (Phi) is 4.25. The second-order valence-corrected chi connectivity index (χ2v) is 6.94. The topological polar surface area (TPSA) is 119 Å². The molecule has 1 atom stereocenters. The number of halogens is 1. The summed E-state index contributed by atoms with van der Waals surface area (Å²) < 4.78 is 17.0. The Morgan fingerprint density at radius 2 is 2.11 bits per heavy atom. The summed E-state index contributed by atoms with van der Waals surface area (Å²) in [5, 5.41) is 16.8. The standard InChI is InChI=1S/C17H19FN6O3/c1-9(10-5-3-2-4-6-10)24-13-12(14(18)22-24)20-17(21-15(13)25)23-8-11(7-19-23)16(26)27/h7-10H,2-6H2,1H3,(H,26,27)(H,20,21,25)/t9-/m0/s1. The fourth-order valence-corrected chi connectivity index (χ4v) is 3.77. The number of aromatic amines is 1. The first-order valence-electron chi connectivity index (χ1n) is 8.92. The number of nitrogens with zero attached hydrogens (tertiary/aromatic N) is 5. The summed E-state index contributed by atoms with van der Waals surface area (Å²) in [4.78, 5) is 30.3. The van der Waals surface area contributed by atoms with Crippen LogP contribution in [-0.2, 0) is 0 Å². The third-order valence-corrected chi connectivity index (χ3v) is 5.27. The van der Waals surface area contributed by atoms with E-state index in [4.69, 9.17) is 5.11 Å². The molecule has 0 radical (unpaired) electrons. The van der Waals surface area contributed by atoms with Gasteiger partial charge in [0.1, 0.15) is 0 Å². The fraction of sp³-hybridized carbons (Fsp3) is 0.471. The maximum Gasteiger partial charge on any atom is 0.338 e. The molecule has 0 bridgehead atoms. The van der Waals surface area contributed by atoms with Gasteiger partial charge in [-0.3, -0.25) is 14.5 Å². The number of aromatic carboxylic acids is 1. The van der Waals surface area contributed by atoms with Gasteiger partial charge in [0.25, 0.3) is 11.5 Å². The quantitative estimate of drug-likeness (QED) is 0.723. The first-order valence-corrected chi connectivity index (χ1v) is 8.92. The molecule has 1 fully saturated rings. The number of H-pyrrole nitrogens is 1. The van der Waals surface area contributed by atoms with Crippen molar-refractivity contribution in [2.45, 2.75) is 45.1 Å². The summed E-state index contributed by atoms with van der Waals surface area (Å²) in [6, 6.07) is -0.116. The lowest BCUT2D eigenvalue weighted by atomic mass is 9.84. The second-order valence-electron chi connectivity index (χ2n) is 6.94. The van der Waals surface area contributed by atoms with E-state index in [1.807, 2.05) is 6.92 Å². The number of carboxylic acids is 1. The number of carboxylic acid groups (broad SMARTS) is 1. The van der Waals surface area contributed by atoms with Crippen molar-refractivity contribution < 1.29 is 14.3 Å². The van der Waals surface area contributed by atoms with Crippen LogP contribution in [0.1, 0.15) is 55.4 Å². The van der Waals surface area contributed by atoms with E-state index in [2.05, 4.69) is 20.2 Å². The average Bonchev–Trinajstić information content (AvgIpc) is 3.28. The number of carbonyl (C=O) groups is 1. The smallest absolute Gasteiger partial charge is 0.338 e. The number of nitrogens with one attached hydrogen (secondary N) is 1. The van der Waals surface area contributed by atoms with Gasteiger partial charge in [-0.2, -0.15) is 9.49 Å². The van der Waals surface area contributed by atoms with E-state index in [-0.39, 0.29) is 28.6 Å². The highest BCUT2D eigenvalue weighted by atomic mass is 19.1. The lowest BCUT2D eigenvalue weighted by Crippen LogP contribution is -2.23. The molecule has 3 heterocycles. The van der Waals surface area contributed by atoms with Crippen molar-refractivity contribution in [3.8, 4) is 5.95 Å². The van der Waals surface area contributed by atoms with Gasteiger partial charge in [-0.25, -0.2) is 14.5 Å². The predicted molar refractivity (Wildman–Crippen MR) is 93.5 cm³/mol. The van der Waals surface area contributed by atoms with E-state index in [1.165, 1.54) is 17.3 Å². The van der Waals surface area contributed by atoms with Crippen LogP contribution >= 0.6 is 0 Å². The van der Waals surface area contributed by atoms with E-state index >= 15 is 0 Å². The monoisotopic (exact) mass is 374 g/mol. The normalized spacial score (nSPS) is 16.7. The van der Waals surface area contributed by atoms with E-state index in [0.29, 0.717) is 5.92 Å². The van der Waals surface area contributed by atoms with Crippen LogP contribution in [0.2, 0.25) is 0 Å². The van der Waals surface area contributed by atoms with Crippen LogP contribution < -0.4 is 5.56 Å². The van der Waals surface area contributed by atoms with Gasteiger partial charge in [0, 0.05) is 6.20 Å². The van der Waals surface area contributed by atoms with Crippen LogP contribution in [0, 0.1) is 11.9 Å². The molecule has 2 N–H and O–H groups in total. The van der Waals surface area contributed by atoms with Gasteiger partial charge in [-0.1, -0.05) is 19.3 Å². The van der Waals surface area contributed by atoms with Gasteiger partial charge in [-0.05, 0) is 25.7 Å². The Hall–Kier alpha value is -3.04. The number of hydrogen-bond donors (Lipinski definition) is 2. The molecular formula is C17H19FN6O3. The van der Waals surface area contributed by atoms with E-state index in [1.54, 1.807) is 0 Å². The Morgan fingerprint density at radius 3 is 2.78 bits per heavy atom. The number of aromatic nitrogens is 6. The molecule has 0 aliphatic heterocycles. The molecule has 3 aromatic rings. The zero-order valence-corrected chi connectivity index (χ0v) is 14.7. The minimum atomic E-state index is -1.16. The Balaban J connectivity index is 1.78. The number of rotatable bonds is 4. The molecule has 4 rings (SSSR count). The van der Waals surface area contributed by atoms with Crippen LogP contribution in [0.5, 0.6) is 0 Å². The zero-order chi connectivity index (χ0) is 19.1. The highest BCUT2D eigenvalue weighted by molar-refractivity contribution is 5.87. The third-order valence-electron chi connectivity index (χ3n) is 5.27. The molecule has 1 saturated carbocycles. The molecule has 3 aromatic heterocycles. The SMILES string of the molecule is C[C@@H](C1CCCCC1)n1nc(F)c2nc(-n3cc(C(=O)O)cn3)[nH]c(=O)c21. The van der Waals surface area contributed by atoms with E-state index in [9.17, 15) is 14.0 Å². The molecule has 27 heavy (non-hydrogen) atoms. The first kappa shape index (κ1) is 17.4. The van der Waals surface area contributed by atoms with Crippen LogP contribution in [-0.4, -0.2) is 40.6 Å². The summed E-state index contributed by atoms with van der Waals surface area (Å²) >= 11 is 0. The van der Waals surface area contributed by atoms with Crippen molar-refractivity contribution in [2.24, 2.45) is 5.92 Å². The molecule has 0 spiro atoms. The molecule has 0 saturated heterocycles. The van der Waals surface area contributed by atoms with Gasteiger partial charge >= 0.3 is 5.97 Å². The molecule has 0 unspecified atom stereocenters. The minimum absolute atomic E-state index is 0.0660. The zero-order valence-electron chi connectivity index (χ0n) is 14.7. The van der Waals surface area contributed by atoms with Crippen LogP contribution in [0.25, 0.3) is 17.0 Å². The molecular weight excluding hydrogens is 355 g/mol. The average molecular weight is 374 g/mol. The van der Waals surface area contributed by atoms with Crippen LogP contribution in [0.4, 0.5) is 4.39 Å². The van der Waals surface area contributed by atoms with Gasteiger partial charge in [0.15, 0.2) is 11.0 Å². The minimum Gasteiger partial charge on any atom is -0.478 e. The molecule has 9 nitrogen and oxygen atoms in total. The second kappa shape index (κ2) is 6.60. The summed E-state index contributed by atoms with van der Waals surface area (Å²) in [6.07, 6.45) is 7.82. The molecule has 0 amide bonds. The Labute approximate surface area is 152 Å². The van der Waals surface area contributed by atoms with Crippen molar-refractivity contribution in [2.75, 3.05) is 0 Å². The van der Waals surface area contributed by atoms with Gasteiger partial charge in [0.05, 0.1) is 17.8 Å². The molecule has 10 heteroatoms. The van der Waals surface area contributed by atoms with Gasteiger partial charge in [0.2, 0.25) is 5.95 Å². The molecule has 0 aromatic carbocycles. The van der Waals surface area contributed by atoms with Gasteiger partial charge in [-0.15, -0.1) is 5.10 Å². The maximum absolute atomic E-state index is 14.5. The molecule has 1 aliphatic carbocycles. The Bertz CT molecular complexity index is 1060. The van der Waals surface area contributed by atoms with Crippen LogP contribution in [0.15, 0.2) is 17.2 Å². The maximum atomic E-state index is 14.5. The summed E-state index contributed by atoms with van der Waals surface area (Å²) in [5.74, 6) is -1.72. The fourth-order valence-electron chi connectivity index (χ4n) is 3.77. The lowest BCUT2D eigenvalue weighted by Gasteiger charge is -2.27. The summed E-state index contributed by atoms with van der Waals surface area (Å²) in [7, 11) is 0. The molecule has 142 valence electrons. The Morgan fingerprint density at radius 1 is 1.37 bits per heavy atom. The van der Waals surface area contributed by atoms with Crippen molar-refractivity contribution in [3.63, 3.8) is 0 Å². The lowest BCUT2D eigenvalue weighted by molar-refractivity contribution is 0.0697. The van der Waals surface area contributed by atoms with Crippen molar-refractivity contribution in [1.29, 1.82) is 0 Å². The third kappa shape index (κ3) is 3.00. The van der Waals surface area contributed by atoms with Gasteiger partial charge < -0.3 is 5.11 Å². The van der Waals surface area contributed by atoms with Crippen molar-refractivity contribution in [3.05, 3.63) is 34.3 Å². The highest BCUT2D eigenvalue weighted by Crippen LogP contribution is 2.33. The summed E-state index contributed by atoms with van der Waals surface area (Å²) in [5.41, 5.74) is -0.676. The predicted octanol–water partition coefficient (Wildman–Crippen LogP) is 2.28. The number of fused-ring (bicyclic) bond motifs is 1. The van der Waals surface area contributed by atoms with Crippen molar-refractivity contribution >= 4 is 17.0 Å². The van der Waals surface area contributed by atoms with Crippen LogP contribution in [0.3, 0.4) is 0 Å². The largest absolute Gasteiger partial charge is 0.478 e. The summed E-state index contributed by atoms with van der Waals surface area (Å²) in [6.45, 7) is 1.95. The molecule has 1 aliphatic rings. The van der Waals surface area contributed by atoms with Crippen molar-refractivity contribution in [1.82, 2.24) is 29.5 Å². The highest BCUT2D eigenvalue weighted by Gasteiger charge is 2.27.